The summed E-state index contributed by atoms with van der Waals surface area (Å²) in [5.74, 6) is -1.24. The lowest BCUT2D eigenvalue weighted by Gasteiger charge is -2.46. The summed E-state index contributed by atoms with van der Waals surface area (Å²) in [6, 6.07) is 6.08. The van der Waals surface area contributed by atoms with Gasteiger partial charge in [-0.2, -0.15) is 0 Å². The summed E-state index contributed by atoms with van der Waals surface area (Å²) >= 11 is 0. The summed E-state index contributed by atoms with van der Waals surface area (Å²) in [4.78, 5) is 15.1. The summed E-state index contributed by atoms with van der Waals surface area (Å²) in [6.07, 6.45) is -14.1. The molecule has 3 heterocycles. The molecule has 2 aromatic rings. The highest BCUT2D eigenvalue weighted by Gasteiger charge is 2.50. The Morgan fingerprint density at radius 1 is 0.946 bits per heavy atom. The van der Waals surface area contributed by atoms with Gasteiger partial charge in [0.15, 0.2) is 6.29 Å². The van der Waals surface area contributed by atoms with Gasteiger partial charge >= 0.3 is 5.97 Å². The van der Waals surface area contributed by atoms with Crippen LogP contribution in [0.15, 0.2) is 30.5 Å². The molecule has 1 unspecified atom stereocenters. The quantitative estimate of drug-likeness (QED) is 0.152. The van der Waals surface area contributed by atoms with E-state index in [9.17, 15) is 45.6 Å². The van der Waals surface area contributed by atoms with Crippen LogP contribution in [0.4, 0.5) is 0 Å². The van der Waals surface area contributed by atoms with Gasteiger partial charge in [-0.15, -0.1) is 0 Å². The zero-order valence-electron chi connectivity index (χ0n) is 19.6. The molecule has 1 aromatic heterocycles. The number of rotatable bonds is 9. The number of benzene rings is 1. The van der Waals surface area contributed by atoms with E-state index < -0.39 is 86.6 Å². The van der Waals surface area contributed by atoms with E-state index >= 15 is 0 Å². The van der Waals surface area contributed by atoms with E-state index in [0.717, 1.165) is 10.9 Å². The van der Waals surface area contributed by atoms with Gasteiger partial charge in [-0.25, -0.2) is 0 Å². The first kappa shape index (κ1) is 27.8. The third kappa shape index (κ3) is 5.64. The normalized spacial score (nSPS) is 37.5. The van der Waals surface area contributed by atoms with Crippen molar-refractivity contribution in [3.05, 3.63) is 36.0 Å². The van der Waals surface area contributed by atoms with Crippen LogP contribution < -0.4 is 5.32 Å². The van der Waals surface area contributed by atoms with E-state index in [2.05, 4.69) is 10.3 Å². The number of hydrogen-bond acceptors (Lipinski definition) is 12. The maximum absolute atomic E-state index is 12.0. The minimum absolute atomic E-state index is 0.0105. The van der Waals surface area contributed by atoms with Crippen molar-refractivity contribution in [3.63, 3.8) is 0 Å². The largest absolute Gasteiger partial charge is 0.480 e. The molecule has 1 aromatic carbocycles. The summed E-state index contributed by atoms with van der Waals surface area (Å²) in [5, 5.41) is 84.1. The van der Waals surface area contributed by atoms with Gasteiger partial charge in [-0.1, -0.05) is 18.2 Å². The van der Waals surface area contributed by atoms with E-state index in [1.165, 1.54) is 0 Å². The van der Waals surface area contributed by atoms with Crippen LogP contribution in [-0.4, -0.2) is 132 Å². The molecule has 0 amide bonds. The van der Waals surface area contributed by atoms with Gasteiger partial charge in [0.05, 0.1) is 13.2 Å². The zero-order valence-corrected chi connectivity index (χ0v) is 19.6. The van der Waals surface area contributed by atoms with Crippen LogP contribution in [-0.2, 0) is 25.4 Å². The molecule has 2 fully saturated rings. The van der Waals surface area contributed by atoms with Crippen LogP contribution in [0.5, 0.6) is 0 Å². The number of aromatic nitrogens is 1. The predicted molar refractivity (Wildman–Crippen MR) is 123 cm³/mol. The number of carboxylic acids is 1. The maximum Gasteiger partial charge on any atom is 0.321 e. The minimum Gasteiger partial charge on any atom is -0.480 e. The molecule has 2 aliphatic heterocycles. The number of carboxylic acid groups (broad SMARTS) is 1. The van der Waals surface area contributed by atoms with Crippen LogP contribution >= 0.6 is 0 Å². The lowest BCUT2D eigenvalue weighted by atomic mass is 9.96. The first-order valence-electron chi connectivity index (χ1n) is 11.8. The molecular formula is C23H32N2O12. The highest BCUT2D eigenvalue weighted by Crippen LogP contribution is 2.29. The van der Waals surface area contributed by atoms with Gasteiger partial charge < -0.3 is 60.0 Å². The second-order valence-corrected chi connectivity index (χ2v) is 9.18. The predicted octanol–water partition coefficient (Wildman–Crippen LogP) is -3.62. The Labute approximate surface area is 210 Å². The minimum atomic E-state index is -1.79. The average molecular weight is 529 g/mol. The number of hydrogen-bond donors (Lipinski definition) is 10. The molecule has 4 rings (SSSR count). The van der Waals surface area contributed by atoms with Crippen molar-refractivity contribution in [3.8, 4) is 0 Å². The fourth-order valence-electron chi connectivity index (χ4n) is 4.66. The molecule has 0 aliphatic carbocycles. The number of H-pyrrole nitrogens is 1. The molecule has 0 radical (unpaired) electrons. The van der Waals surface area contributed by atoms with Gasteiger partial charge in [-0.3, -0.25) is 10.1 Å². The summed E-state index contributed by atoms with van der Waals surface area (Å²) in [7, 11) is 0. The van der Waals surface area contributed by atoms with Crippen LogP contribution in [0.1, 0.15) is 5.56 Å². The number of nitrogens with one attached hydrogen (secondary N) is 2. The standard InChI is InChI=1S/C23H32N2O12/c26-7-13-15(28)16(29)19(32)23(36-13)37-20-14(8-27)35-21(18(31)17(20)30)25-12(22(33)34)5-9-6-24-11-4-2-1-3-10(9)11/h1-4,6,12-21,23-32H,5,7-8H2,(H,33,34)/t12-,13+,14+,15-,16-,17+,18+,19+,20+,21?,23-/m0/s1. The van der Waals surface area contributed by atoms with Gasteiger partial charge in [0.25, 0.3) is 0 Å². The van der Waals surface area contributed by atoms with E-state index in [1.807, 2.05) is 24.3 Å². The average Bonchev–Trinajstić information content (AvgIpc) is 3.30. The van der Waals surface area contributed by atoms with E-state index in [1.54, 1.807) is 6.20 Å². The van der Waals surface area contributed by atoms with Crippen molar-refractivity contribution >= 4 is 16.9 Å². The molecule has 2 aliphatic rings. The van der Waals surface area contributed by atoms with Crippen LogP contribution in [0.3, 0.4) is 0 Å². The van der Waals surface area contributed by atoms with Crippen molar-refractivity contribution in [1.82, 2.24) is 10.3 Å². The Morgan fingerprint density at radius 2 is 1.65 bits per heavy atom. The van der Waals surface area contributed by atoms with Crippen LogP contribution in [0.2, 0.25) is 0 Å². The van der Waals surface area contributed by atoms with Crippen molar-refractivity contribution < 1.29 is 59.9 Å². The highest BCUT2D eigenvalue weighted by atomic mass is 16.7. The monoisotopic (exact) mass is 528 g/mol. The van der Waals surface area contributed by atoms with Gasteiger partial charge in [-0.05, 0) is 11.6 Å². The Kier molecular flexibility index (Phi) is 8.77. The topological polar surface area (TPSA) is 234 Å². The zero-order chi connectivity index (χ0) is 26.9. The Bertz CT molecular complexity index is 1050. The molecule has 14 nitrogen and oxygen atoms in total. The second kappa shape index (κ2) is 11.7. The molecule has 2 saturated heterocycles. The SMILES string of the molecule is O=C(O)[C@H](Cc1c[nH]c2ccccc12)NC1O[C@H](CO)[C@@H](O[C@@H]2O[C@H](CO)[C@H](O)[C@H](O)[C@H]2O)[C@H](O)[C@H]1O. The number of para-hydroxylation sites is 1. The molecule has 11 atom stereocenters. The molecule has 0 spiro atoms. The molecule has 0 saturated carbocycles. The lowest BCUT2D eigenvalue weighted by molar-refractivity contribution is -0.343. The second-order valence-electron chi connectivity index (χ2n) is 9.18. The number of fused-ring (bicyclic) bond motifs is 1. The number of ether oxygens (including phenoxy) is 3. The highest BCUT2D eigenvalue weighted by molar-refractivity contribution is 5.84. The van der Waals surface area contributed by atoms with Crippen LogP contribution in [0.25, 0.3) is 10.9 Å². The number of aliphatic hydroxyl groups is 7. The number of aliphatic carboxylic acids is 1. The smallest absolute Gasteiger partial charge is 0.321 e. The lowest BCUT2D eigenvalue weighted by Crippen LogP contribution is -2.67. The molecule has 206 valence electrons. The fourth-order valence-corrected chi connectivity index (χ4v) is 4.66. The Balaban J connectivity index is 1.46. The first-order chi connectivity index (χ1) is 17.7. The fraction of sp³-hybridized carbons (Fsp3) is 0.609. The number of aromatic amines is 1. The number of carbonyl (C=O) groups is 1. The maximum atomic E-state index is 12.0. The first-order valence-corrected chi connectivity index (χ1v) is 11.8. The summed E-state index contributed by atoms with van der Waals surface area (Å²) < 4.78 is 16.4. The molecule has 37 heavy (non-hydrogen) atoms. The molecular weight excluding hydrogens is 496 g/mol. The molecule has 0 bridgehead atoms. The van der Waals surface area contributed by atoms with Gasteiger partial charge in [0.2, 0.25) is 0 Å². The van der Waals surface area contributed by atoms with Crippen molar-refractivity contribution in [2.75, 3.05) is 13.2 Å². The summed E-state index contributed by atoms with van der Waals surface area (Å²) in [6.45, 7) is -1.44. The van der Waals surface area contributed by atoms with Crippen molar-refractivity contribution in [2.24, 2.45) is 0 Å². The van der Waals surface area contributed by atoms with E-state index in [-0.39, 0.29) is 6.42 Å². The molecule has 14 heteroatoms. The van der Waals surface area contributed by atoms with Crippen molar-refractivity contribution in [2.45, 2.75) is 73.8 Å². The van der Waals surface area contributed by atoms with Gasteiger partial charge in [0.1, 0.15) is 61.1 Å². The molecule has 10 N–H and O–H groups in total. The summed E-state index contributed by atoms with van der Waals surface area (Å²) in [5.41, 5.74) is 1.52. The van der Waals surface area contributed by atoms with E-state index in [4.69, 9.17) is 14.2 Å². The van der Waals surface area contributed by atoms with Crippen LogP contribution in [0, 0.1) is 0 Å². The third-order valence-corrected chi connectivity index (χ3v) is 6.77. The van der Waals surface area contributed by atoms with E-state index in [0.29, 0.717) is 5.56 Å². The van der Waals surface area contributed by atoms with Crippen molar-refractivity contribution in [1.29, 1.82) is 0 Å². The Morgan fingerprint density at radius 3 is 2.32 bits per heavy atom. The Hall–Kier alpha value is -2.21. The third-order valence-electron chi connectivity index (χ3n) is 6.77. The van der Waals surface area contributed by atoms with Gasteiger partial charge in [0, 0.05) is 23.5 Å². The number of aliphatic hydroxyl groups excluding tert-OH is 7.